The zero-order valence-electron chi connectivity index (χ0n) is 45.2. The summed E-state index contributed by atoms with van der Waals surface area (Å²) in [5.41, 5.74) is 12.7. The number of hydrogen-bond acceptors (Lipinski definition) is 8. The molecule has 10 bridgehead atoms. The highest BCUT2D eigenvalue weighted by molar-refractivity contribution is 6.00. The number of aryl methyl sites for hydroxylation is 1. The molecule has 8 aliphatic heterocycles. The molecule has 10 aliphatic carbocycles. The lowest BCUT2D eigenvalue weighted by Gasteiger charge is -2.73. The molecule has 3 saturated heterocycles. The first-order valence-electron chi connectivity index (χ1n) is 32.0. The average molecular weight is 1020 g/mol. The van der Waals surface area contributed by atoms with Crippen LogP contribution in [0.3, 0.4) is 0 Å². The number of carbonyl (C=O) groups excluding carboxylic acids is 2. The fourth-order valence-corrected chi connectivity index (χ4v) is 25.2. The van der Waals surface area contributed by atoms with Crippen LogP contribution in [0.1, 0.15) is 176 Å². The van der Waals surface area contributed by atoms with Gasteiger partial charge in [-0.3, -0.25) is 9.69 Å². The molecule has 8 heterocycles. The van der Waals surface area contributed by atoms with Crippen LogP contribution in [0.25, 0.3) is 0 Å². The number of nitrogens with zero attached hydrogens (tertiary/aromatic N) is 2. The summed E-state index contributed by atoms with van der Waals surface area (Å²) < 4.78 is 14.9. The number of aliphatic hydroxyl groups is 1. The topological polar surface area (TPSA) is 105 Å². The van der Waals surface area contributed by atoms with Crippen molar-refractivity contribution >= 4 is 11.9 Å². The predicted octanol–water partition coefficient (Wildman–Crippen LogP) is 12.7. The summed E-state index contributed by atoms with van der Waals surface area (Å²) in [5.74, 6) is 4.49. The van der Waals surface area contributed by atoms with Crippen molar-refractivity contribution in [1.82, 2.24) is 9.80 Å². The highest BCUT2D eigenvalue weighted by Crippen LogP contribution is 2.89. The number of ether oxygens (including phenoxy) is 2. The van der Waals surface area contributed by atoms with E-state index >= 15 is 9.59 Å². The van der Waals surface area contributed by atoms with Gasteiger partial charge in [0, 0.05) is 66.5 Å². The maximum Gasteiger partial charge on any atom is 0.339 e. The van der Waals surface area contributed by atoms with Crippen LogP contribution in [0.4, 0.5) is 0 Å². The lowest BCUT2D eigenvalue weighted by molar-refractivity contribution is -0.283. The van der Waals surface area contributed by atoms with Crippen molar-refractivity contribution in [2.75, 3.05) is 19.6 Å². The molecule has 400 valence electrons. The second-order valence-electron chi connectivity index (χ2n) is 29.4. The lowest BCUT2D eigenvalue weighted by atomic mass is 9.27. The second-order valence-corrected chi connectivity index (χ2v) is 29.4. The Labute approximate surface area is 451 Å². The Morgan fingerprint density at radius 1 is 0.763 bits per heavy atom. The molecule has 5 spiro atoms. The molecule has 0 radical (unpaired) electrons. The van der Waals surface area contributed by atoms with Gasteiger partial charge in [-0.2, -0.15) is 0 Å². The van der Waals surface area contributed by atoms with Gasteiger partial charge in [-0.1, -0.05) is 105 Å². The molecule has 3 N–H and O–H groups in total. The smallest absolute Gasteiger partial charge is 0.339 e. The van der Waals surface area contributed by atoms with E-state index in [9.17, 15) is 5.11 Å². The maximum atomic E-state index is 16.9. The highest BCUT2D eigenvalue weighted by Gasteiger charge is 2.94. The maximum absolute atomic E-state index is 16.9. The van der Waals surface area contributed by atoms with Gasteiger partial charge in [0.15, 0.2) is 11.4 Å². The van der Waals surface area contributed by atoms with E-state index in [0.29, 0.717) is 107 Å². The predicted molar refractivity (Wildman–Crippen MR) is 291 cm³/mol. The third kappa shape index (κ3) is 5.27. The fourth-order valence-electron chi connectivity index (χ4n) is 25.2. The van der Waals surface area contributed by atoms with Crippen molar-refractivity contribution in [3.63, 3.8) is 0 Å². The summed E-state index contributed by atoms with van der Waals surface area (Å²) in [5, 5.41) is 14.1. The molecule has 1 aromatic rings. The van der Waals surface area contributed by atoms with Crippen LogP contribution in [0.15, 0.2) is 88.6 Å². The van der Waals surface area contributed by atoms with Gasteiger partial charge in [0.25, 0.3) is 0 Å². The van der Waals surface area contributed by atoms with Gasteiger partial charge in [-0.05, 0) is 191 Å². The summed E-state index contributed by atoms with van der Waals surface area (Å²) in [4.78, 5) is 38.4. The first-order chi connectivity index (χ1) is 37.2. The van der Waals surface area contributed by atoms with Gasteiger partial charge in [-0.15, -0.1) is 0 Å². The lowest BCUT2D eigenvalue weighted by Crippen LogP contribution is -2.78. The average Bonchev–Trinajstić information content (AvgIpc) is 4.37. The van der Waals surface area contributed by atoms with Gasteiger partial charge in [0.1, 0.15) is 11.2 Å². The normalized spacial score (nSPS) is 48.2. The Hall–Kier alpha value is -3.88. The Bertz CT molecular complexity index is 2920. The minimum Gasteiger partial charge on any atom is -0.509 e. The van der Waals surface area contributed by atoms with E-state index in [1.807, 2.05) is 0 Å². The number of aliphatic hydroxyl groups excluding tert-OH is 1. The van der Waals surface area contributed by atoms with Crippen molar-refractivity contribution in [2.45, 2.75) is 184 Å². The molecule has 1 unspecified atom stereocenters. The zero-order chi connectivity index (χ0) is 50.2. The molecule has 18 aliphatic rings. The first kappa shape index (κ1) is 45.9. The Morgan fingerprint density at radius 2 is 1.57 bits per heavy atom. The zero-order valence-corrected chi connectivity index (χ0v) is 45.2. The molecule has 8 fully saturated rings. The molecule has 1 aromatic carbocycles. The number of allylic oxidation sites excluding steroid dienone is 7. The Kier molecular flexibility index (Phi) is 9.50. The molecule has 8 nitrogen and oxygen atoms in total. The quantitative estimate of drug-likeness (QED) is 0.222. The van der Waals surface area contributed by atoms with Gasteiger partial charge in [0.2, 0.25) is 0 Å². The van der Waals surface area contributed by atoms with Crippen LogP contribution < -0.4 is 5.73 Å². The Morgan fingerprint density at radius 3 is 2.37 bits per heavy atom. The third-order valence-electron chi connectivity index (χ3n) is 27.4. The number of nitrogens with two attached hydrogens (primary N) is 1. The number of benzene rings is 1. The minimum atomic E-state index is -1.16. The summed E-state index contributed by atoms with van der Waals surface area (Å²) in [6.07, 6.45) is 44.7. The van der Waals surface area contributed by atoms with E-state index in [2.05, 4.69) is 64.5 Å². The van der Waals surface area contributed by atoms with Crippen LogP contribution >= 0.6 is 0 Å². The van der Waals surface area contributed by atoms with Gasteiger partial charge in [0.05, 0.1) is 17.0 Å². The molecule has 0 amide bonds. The van der Waals surface area contributed by atoms with Crippen LogP contribution in [-0.2, 0) is 26.3 Å². The second kappa shape index (κ2) is 15.7. The van der Waals surface area contributed by atoms with Gasteiger partial charge in [-0.25, -0.2) is 4.79 Å². The summed E-state index contributed by atoms with van der Waals surface area (Å²) in [7, 11) is 0. The summed E-state index contributed by atoms with van der Waals surface area (Å²) >= 11 is 0. The van der Waals surface area contributed by atoms with Crippen LogP contribution in [-0.4, -0.2) is 64.6 Å². The van der Waals surface area contributed by atoms with Crippen molar-refractivity contribution < 1.29 is 24.2 Å². The van der Waals surface area contributed by atoms with Crippen molar-refractivity contribution in [3.8, 4) is 0 Å². The van der Waals surface area contributed by atoms with E-state index in [-0.39, 0.29) is 47.6 Å². The van der Waals surface area contributed by atoms with E-state index in [1.165, 1.54) is 121 Å². The van der Waals surface area contributed by atoms with E-state index in [0.717, 1.165) is 49.9 Å². The highest BCUT2D eigenvalue weighted by atomic mass is 16.6. The number of piperidine rings is 2. The largest absolute Gasteiger partial charge is 0.509 e. The molecular formula is C68H83N3O5. The third-order valence-corrected chi connectivity index (χ3v) is 27.4. The first-order valence-corrected chi connectivity index (χ1v) is 32.0. The SMILES string of the molecule is NCCCc1cccc2c1C(=O)O[C@@]21[C@H]2C[C@H](C3CCCCC3)/C=C\[C@H]3C4=C5CC[C@]16/C(=C(/O)C[C@@H](C1CC7(CCCC7)C7(CCCC7)C1)N1C[C@H]7C[C@@H](C1)[C@@H]1C[C@@H]8C=C[C@H]7N1C1=C8C[C@H]7CC=C[C@@H]3[C@H]7[C@H]51)OC(=O)[C@]426. The fraction of sp³-hybridized carbons (Fsp3) is 0.706. The number of rotatable bonds is 5. The minimum absolute atomic E-state index is 0.0410. The number of esters is 2. The molecule has 5 saturated carbocycles. The van der Waals surface area contributed by atoms with Crippen LogP contribution in [0.5, 0.6) is 0 Å². The van der Waals surface area contributed by atoms with Crippen LogP contribution in [0.2, 0.25) is 0 Å². The number of hydrogen-bond donors (Lipinski definition) is 2. The molecule has 17 atom stereocenters. The van der Waals surface area contributed by atoms with E-state index < -0.39 is 16.4 Å². The molecule has 8 heteroatoms. The van der Waals surface area contributed by atoms with Gasteiger partial charge >= 0.3 is 11.9 Å². The van der Waals surface area contributed by atoms with Crippen molar-refractivity contribution in [3.05, 3.63) is 105 Å². The van der Waals surface area contributed by atoms with Crippen molar-refractivity contribution in [1.29, 1.82) is 0 Å². The molecule has 76 heavy (non-hydrogen) atoms. The van der Waals surface area contributed by atoms with Gasteiger partial charge < -0.3 is 25.2 Å². The standard InChI is InChI=1S/C68H83N3O5/c69-28-10-15-39-13-9-17-50-57(39)62(73)76-68(50)55-32-40(38-11-2-1-3-12-38)18-20-47-46-16-8-14-42-30-49-41-19-21-51-43-29-44-37-70(36-43)52(45-34-64(23-4-5-24-64)65(35-45)25-6-7-26-65)33-54(72)61-66(68)27-22-48(59(47)67(55,66)63(74)75-61)58(56(42)46)60(49)71(51)53(44)31-41/h8-9,13,16-21,38,40-47,51-53,55-56,58,72H,1-7,10-12,14-15,22-37,69H2/b20-18-,61-54-/t40-,41+,42-,43-,44+,46+,47-,51-,52+,53+,55+,56+,58+,66-,67-,68-/m1/s1. The Balaban J connectivity index is 0.921. The van der Waals surface area contributed by atoms with E-state index in [1.54, 1.807) is 16.8 Å². The summed E-state index contributed by atoms with van der Waals surface area (Å²) in [6, 6.07) is 7.53. The van der Waals surface area contributed by atoms with Crippen LogP contribution in [0, 0.1) is 92.7 Å². The summed E-state index contributed by atoms with van der Waals surface area (Å²) in [6.45, 7) is 2.70. The molecular weight excluding hydrogens is 939 g/mol. The van der Waals surface area contributed by atoms with E-state index in [4.69, 9.17) is 15.2 Å². The van der Waals surface area contributed by atoms with Crippen molar-refractivity contribution in [2.24, 2.45) is 98.4 Å². The number of carbonyl (C=O) groups is 2. The molecule has 19 rings (SSSR count). The monoisotopic (exact) mass is 1020 g/mol. The number of fused-ring (bicyclic) bond motifs is 8. The molecule has 0 aromatic heterocycles.